The molecule has 4 N–H and O–H groups in total. The van der Waals surface area contributed by atoms with E-state index in [9.17, 15) is 4.79 Å². The highest BCUT2D eigenvalue weighted by atomic mass is 16.2. The first kappa shape index (κ1) is 13.0. The standard InChI is InChI=1S/C13H14N4O2/c14-12-8-15-7-11(17-12)13(19)16-10-3-1-9(2-4-10)5-6-18/h1-4,7-8,18H,5-6H2,(H2,14,17)(H,16,19). The van der Waals surface area contributed by atoms with Gasteiger partial charge < -0.3 is 16.2 Å². The van der Waals surface area contributed by atoms with E-state index in [-0.39, 0.29) is 24.0 Å². The summed E-state index contributed by atoms with van der Waals surface area (Å²) in [4.78, 5) is 19.6. The topological polar surface area (TPSA) is 101 Å². The van der Waals surface area contributed by atoms with E-state index in [0.717, 1.165) is 5.56 Å². The second-order valence-electron chi connectivity index (χ2n) is 3.95. The number of rotatable bonds is 4. The van der Waals surface area contributed by atoms with E-state index in [1.165, 1.54) is 12.4 Å². The normalized spacial score (nSPS) is 10.2. The molecule has 0 fully saturated rings. The Balaban J connectivity index is 2.06. The highest BCUT2D eigenvalue weighted by Crippen LogP contribution is 2.11. The van der Waals surface area contributed by atoms with Crippen LogP contribution >= 0.6 is 0 Å². The third kappa shape index (κ3) is 3.49. The zero-order valence-electron chi connectivity index (χ0n) is 10.2. The minimum absolute atomic E-state index is 0.102. The van der Waals surface area contributed by atoms with Gasteiger partial charge in [-0.2, -0.15) is 0 Å². The van der Waals surface area contributed by atoms with Gasteiger partial charge >= 0.3 is 0 Å². The number of nitrogen functional groups attached to an aromatic ring is 1. The van der Waals surface area contributed by atoms with E-state index in [4.69, 9.17) is 10.8 Å². The predicted molar refractivity (Wildman–Crippen MR) is 71.6 cm³/mol. The number of aromatic nitrogens is 2. The quantitative estimate of drug-likeness (QED) is 0.754. The molecule has 0 saturated carbocycles. The van der Waals surface area contributed by atoms with Gasteiger partial charge in [-0.15, -0.1) is 0 Å². The molecule has 1 heterocycles. The van der Waals surface area contributed by atoms with Crippen LogP contribution < -0.4 is 11.1 Å². The molecule has 0 atom stereocenters. The zero-order chi connectivity index (χ0) is 13.7. The molecule has 2 aromatic rings. The SMILES string of the molecule is Nc1cncc(C(=O)Nc2ccc(CCO)cc2)n1. The molecule has 0 saturated heterocycles. The summed E-state index contributed by atoms with van der Waals surface area (Å²) in [6.07, 6.45) is 3.32. The van der Waals surface area contributed by atoms with Crippen LogP contribution in [-0.2, 0) is 6.42 Å². The number of aliphatic hydroxyl groups excluding tert-OH is 1. The lowest BCUT2D eigenvalue weighted by molar-refractivity contribution is 0.102. The van der Waals surface area contributed by atoms with Crippen molar-refractivity contribution in [3.8, 4) is 0 Å². The fraction of sp³-hybridized carbons (Fsp3) is 0.154. The first-order valence-corrected chi connectivity index (χ1v) is 5.77. The minimum atomic E-state index is -0.366. The van der Waals surface area contributed by atoms with Gasteiger partial charge in [0.15, 0.2) is 0 Å². The number of carbonyl (C=O) groups excluding carboxylic acids is 1. The van der Waals surface area contributed by atoms with E-state index in [1.807, 2.05) is 12.1 Å². The van der Waals surface area contributed by atoms with Gasteiger partial charge in [-0.25, -0.2) is 4.98 Å². The Morgan fingerprint density at radius 2 is 2.00 bits per heavy atom. The number of nitrogens with zero attached hydrogens (tertiary/aromatic N) is 2. The van der Waals surface area contributed by atoms with Gasteiger partial charge in [-0.05, 0) is 24.1 Å². The van der Waals surface area contributed by atoms with Crippen molar-refractivity contribution in [3.05, 3.63) is 47.9 Å². The highest BCUT2D eigenvalue weighted by molar-refractivity contribution is 6.02. The van der Waals surface area contributed by atoms with Crippen LogP contribution in [0, 0.1) is 0 Å². The number of hydrogen-bond acceptors (Lipinski definition) is 5. The Kier molecular flexibility index (Phi) is 4.04. The second-order valence-corrected chi connectivity index (χ2v) is 3.95. The third-order valence-corrected chi connectivity index (χ3v) is 2.50. The van der Waals surface area contributed by atoms with E-state index in [0.29, 0.717) is 12.1 Å². The monoisotopic (exact) mass is 258 g/mol. The summed E-state index contributed by atoms with van der Waals surface area (Å²) in [6.45, 7) is 0.102. The first-order valence-electron chi connectivity index (χ1n) is 5.77. The van der Waals surface area contributed by atoms with E-state index in [1.54, 1.807) is 12.1 Å². The Hall–Kier alpha value is -2.47. The molecule has 0 aliphatic rings. The molecule has 0 aliphatic heterocycles. The van der Waals surface area contributed by atoms with Crippen LogP contribution in [0.5, 0.6) is 0 Å². The molecule has 1 amide bonds. The molecule has 1 aromatic heterocycles. The second kappa shape index (κ2) is 5.92. The lowest BCUT2D eigenvalue weighted by Gasteiger charge is -2.05. The molecule has 6 heteroatoms. The average molecular weight is 258 g/mol. The van der Waals surface area contributed by atoms with Gasteiger partial charge in [0.05, 0.1) is 12.4 Å². The third-order valence-electron chi connectivity index (χ3n) is 2.50. The maximum atomic E-state index is 11.9. The van der Waals surface area contributed by atoms with Gasteiger partial charge in [-0.1, -0.05) is 12.1 Å². The van der Waals surface area contributed by atoms with Crippen LogP contribution in [0.25, 0.3) is 0 Å². The lowest BCUT2D eigenvalue weighted by Crippen LogP contribution is -2.14. The zero-order valence-corrected chi connectivity index (χ0v) is 10.2. The molecular weight excluding hydrogens is 244 g/mol. The summed E-state index contributed by atoms with van der Waals surface area (Å²) < 4.78 is 0. The first-order chi connectivity index (χ1) is 9.19. The summed E-state index contributed by atoms with van der Waals surface area (Å²) in [5, 5.41) is 11.5. The molecule has 1 aromatic carbocycles. The smallest absolute Gasteiger partial charge is 0.275 e. The van der Waals surface area contributed by atoms with Crippen LogP contribution in [0.3, 0.4) is 0 Å². The summed E-state index contributed by atoms with van der Waals surface area (Å²) in [5.41, 5.74) is 7.28. The minimum Gasteiger partial charge on any atom is -0.396 e. The number of amides is 1. The predicted octanol–water partition coefficient (Wildman–Crippen LogP) is 0.846. The van der Waals surface area contributed by atoms with Crippen LogP contribution in [0.15, 0.2) is 36.7 Å². The molecule has 0 spiro atoms. The van der Waals surface area contributed by atoms with Gasteiger partial charge in [-0.3, -0.25) is 9.78 Å². The van der Waals surface area contributed by atoms with Crippen molar-refractivity contribution in [2.45, 2.75) is 6.42 Å². The summed E-state index contributed by atoms with van der Waals surface area (Å²) in [6, 6.07) is 7.22. The summed E-state index contributed by atoms with van der Waals surface area (Å²) in [7, 11) is 0. The van der Waals surface area contributed by atoms with Crippen molar-refractivity contribution in [1.29, 1.82) is 0 Å². The number of aliphatic hydroxyl groups is 1. The molecule has 98 valence electrons. The van der Waals surface area contributed by atoms with E-state index >= 15 is 0 Å². The van der Waals surface area contributed by atoms with Crippen molar-refractivity contribution in [1.82, 2.24) is 9.97 Å². The van der Waals surface area contributed by atoms with E-state index in [2.05, 4.69) is 15.3 Å². The number of hydrogen-bond donors (Lipinski definition) is 3. The van der Waals surface area contributed by atoms with Crippen molar-refractivity contribution >= 4 is 17.4 Å². The number of benzene rings is 1. The molecule has 0 unspecified atom stereocenters. The number of nitrogens with two attached hydrogens (primary N) is 1. The fourth-order valence-corrected chi connectivity index (χ4v) is 1.57. The number of carbonyl (C=O) groups is 1. The van der Waals surface area contributed by atoms with Crippen LogP contribution in [0.1, 0.15) is 16.1 Å². The molecule has 0 aliphatic carbocycles. The van der Waals surface area contributed by atoms with E-state index < -0.39 is 0 Å². The van der Waals surface area contributed by atoms with Gasteiger partial charge in [0.2, 0.25) is 0 Å². The molecule has 2 rings (SSSR count). The van der Waals surface area contributed by atoms with Crippen LogP contribution in [0.2, 0.25) is 0 Å². The van der Waals surface area contributed by atoms with Gasteiger partial charge in [0.1, 0.15) is 11.5 Å². The summed E-state index contributed by atoms with van der Waals surface area (Å²) >= 11 is 0. The molecule has 0 bridgehead atoms. The number of anilines is 2. The van der Waals surface area contributed by atoms with Crippen molar-refractivity contribution in [2.24, 2.45) is 0 Å². The Morgan fingerprint density at radius 1 is 1.26 bits per heavy atom. The Bertz CT molecular complexity index is 569. The Morgan fingerprint density at radius 3 is 2.63 bits per heavy atom. The highest BCUT2D eigenvalue weighted by Gasteiger charge is 2.08. The Labute approximate surface area is 110 Å². The van der Waals surface area contributed by atoms with Crippen molar-refractivity contribution in [3.63, 3.8) is 0 Å². The molecule has 6 nitrogen and oxygen atoms in total. The lowest BCUT2D eigenvalue weighted by atomic mass is 10.1. The molecule has 19 heavy (non-hydrogen) atoms. The summed E-state index contributed by atoms with van der Waals surface area (Å²) in [5.74, 6) is -0.166. The van der Waals surface area contributed by atoms with Crippen LogP contribution in [-0.4, -0.2) is 27.6 Å². The fourth-order valence-electron chi connectivity index (χ4n) is 1.57. The largest absolute Gasteiger partial charge is 0.396 e. The maximum Gasteiger partial charge on any atom is 0.275 e. The average Bonchev–Trinajstić information content (AvgIpc) is 2.41. The van der Waals surface area contributed by atoms with Gasteiger partial charge in [0, 0.05) is 12.3 Å². The van der Waals surface area contributed by atoms with Crippen LogP contribution in [0.4, 0.5) is 11.5 Å². The van der Waals surface area contributed by atoms with Gasteiger partial charge in [0.25, 0.3) is 5.91 Å². The van der Waals surface area contributed by atoms with Crippen molar-refractivity contribution in [2.75, 3.05) is 17.7 Å². The molecule has 0 radical (unpaired) electrons. The van der Waals surface area contributed by atoms with Crippen molar-refractivity contribution < 1.29 is 9.90 Å². The molecular formula is C13H14N4O2. The number of nitrogens with one attached hydrogen (secondary N) is 1. The maximum absolute atomic E-state index is 11.9.